The lowest BCUT2D eigenvalue weighted by atomic mass is 10.1. The Balaban J connectivity index is 2.06. The van der Waals surface area contributed by atoms with Crippen molar-refractivity contribution in [3.63, 3.8) is 0 Å². The second kappa shape index (κ2) is 6.73. The van der Waals surface area contributed by atoms with Crippen molar-refractivity contribution in [2.75, 3.05) is 7.05 Å². The molecule has 2 rings (SSSR count). The first kappa shape index (κ1) is 15.5. The third-order valence-electron chi connectivity index (χ3n) is 3.18. The van der Waals surface area contributed by atoms with Crippen molar-refractivity contribution < 1.29 is 19.8 Å². The van der Waals surface area contributed by atoms with Crippen molar-refractivity contribution in [1.29, 1.82) is 0 Å². The van der Waals surface area contributed by atoms with Crippen LogP contribution in [-0.4, -0.2) is 34.1 Å². The van der Waals surface area contributed by atoms with E-state index < -0.39 is 5.97 Å². The maximum Gasteiger partial charge on any atom is 0.339 e. The summed E-state index contributed by atoms with van der Waals surface area (Å²) >= 11 is 0. The number of aromatic carboxylic acids is 1. The van der Waals surface area contributed by atoms with Gasteiger partial charge in [0.05, 0.1) is 0 Å². The third kappa shape index (κ3) is 3.42. The lowest BCUT2D eigenvalue weighted by Gasteiger charge is -2.19. The summed E-state index contributed by atoms with van der Waals surface area (Å²) in [6.45, 7) is 0.127. The molecule has 0 saturated carbocycles. The third-order valence-corrected chi connectivity index (χ3v) is 3.18. The van der Waals surface area contributed by atoms with Gasteiger partial charge in [-0.15, -0.1) is 0 Å². The molecule has 0 aliphatic heterocycles. The number of hydrogen-bond acceptors (Lipinski definition) is 4. The number of carbonyl (C=O) groups excluding carboxylic acids is 1. The minimum absolute atomic E-state index is 0.127. The van der Waals surface area contributed by atoms with Crippen LogP contribution in [0.25, 0.3) is 0 Å². The predicted octanol–water partition coefficient (Wildman–Crippen LogP) is 1.87. The van der Waals surface area contributed by atoms with Crippen LogP contribution in [0.3, 0.4) is 0 Å². The molecular formula is C16H16N2O4. The smallest absolute Gasteiger partial charge is 0.339 e. The van der Waals surface area contributed by atoms with Crippen LogP contribution in [0.5, 0.6) is 5.75 Å². The zero-order valence-corrected chi connectivity index (χ0v) is 12.0. The molecule has 0 saturated heterocycles. The molecule has 0 bridgehead atoms. The Labute approximate surface area is 127 Å². The maximum atomic E-state index is 12.1. The van der Waals surface area contributed by atoms with Gasteiger partial charge in [-0.05, 0) is 18.2 Å². The van der Waals surface area contributed by atoms with E-state index in [1.54, 1.807) is 43.4 Å². The zero-order chi connectivity index (χ0) is 16.1. The molecule has 6 nitrogen and oxygen atoms in total. The van der Waals surface area contributed by atoms with E-state index >= 15 is 0 Å². The number of nitrogens with one attached hydrogen (secondary N) is 1. The number of hydrogen-bond donors (Lipinski definition) is 3. The molecule has 1 amide bonds. The number of hydrazine groups is 1. The summed E-state index contributed by atoms with van der Waals surface area (Å²) in [5.74, 6) is -1.73. The molecule has 0 heterocycles. The molecular weight excluding hydrogens is 284 g/mol. The summed E-state index contributed by atoms with van der Waals surface area (Å²) in [6, 6.07) is 13.2. The van der Waals surface area contributed by atoms with Gasteiger partial charge < -0.3 is 10.2 Å². The SMILES string of the molecule is CN(NCc1cccc(C(=O)O)c1O)C(=O)c1ccccc1. The van der Waals surface area contributed by atoms with Crippen molar-refractivity contribution in [3.8, 4) is 5.75 Å². The number of phenols is 1. The van der Waals surface area contributed by atoms with Crippen molar-refractivity contribution in [1.82, 2.24) is 10.4 Å². The average Bonchev–Trinajstić information content (AvgIpc) is 2.53. The monoisotopic (exact) mass is 300 g/mol. The second-order valence-corrected chi connectivity index (χ2v) is 4.68. The highest BCUT2D eigenvalue weighted by molar-refractivity contribution is 5.93. The van der Waals surface area contributed by atoms with E-state index in [-0.39, 0.29) is 23.8 Å². The van der Waals surface area contributed by atoms with Crippen molar-refractivity contribution >= 4 is 11.9 Å². The van der Waals surface area contributed by atoms with Gasteiger partial charge in [-0.25, -0.2) is 10.2 Å². The van der Waals surface area contributed by atoms with E-state index in [9.17, 15) is 14.7 Å². The molecule has 3 N–H and O–H groups in total. The van der Waals surface area contributed by atoms with Crippen LogP contribution in [0.15, 0.2) is 48.5 Å². The number of amides is 1. The number of rotatable bonds is 5. The summed E-state index contributed by atoms with van der Waals surface area (Å²) in [4.78, 5) is 23.1. The number of carboxylic acids is 1. The Bertz CT molecular complexity index is 686. The molecule has 114 valence electrons. The lowest BCUT2D eigenvalue weighted by molar-refractivity contribution is 0.0686. The van der Waals surface area contributed by atoms with Gasteiger partial charge in [0, 0.05) is 24.7 Å². The number of aromatic hydroxyl groups is 1. The molecule has 0 aliphatic carbocycles. The van der Waals surface area contributed by atoms with Gasteiger partial charge in [-0.2, -0.15) is 0 Å². The zero-order valence-electron chi connectivity index (χ0n) is 12.0. The van der Waals surface area contributed by atoms with E-state index in [0.717, 1.165) is 0 Å². The molecule has 6 heteroatoms. The molecule has 0 aliphatic rings. The first-order chi connectivity index (χ1) is 10.5. The van der Waals surface area contributed by atoms with Crippen LogP contribution in [0.1, 0.15) is 26.3 Å². The molecule has 2 aromatic carbocycles. The highest BCUT2D eigenvalue weighted by Crippen LogP contribution is 2.22. The van der Waals surface area contributed by atoms with Gasteiger partial charge in [0.15, 0.2) is 0 Å². The number of carboxylic acid groups (broad SMARTS) is 1. The number of benzene rings is 2. The summed E-state index contributed by atoms with van der Waals surface area (Å²) in [5.41, 5.74) is 3.59. The standard InChI is InChI=1S/C16H16N2O4/c1-18(15(20)11-6-3-2-4-7-11)17-10-12-8-5-9-13(14(12)19)16(21)22/h2-9,17,19H,10H2,1H3,(H,21,22). The van der Waals surface area contributed by atoms with Crippen molar-refractivity contribution in [2.45, 2.75) is 6.54 Å². The molecule has 0 fully saturated rings. The van der Waals surface area contributed by atoms with E-state index in [2.05, 4.69) is 5.43 Å². The fraction of sp³-hybridized carbons (Fsp3) is 0.125. The number of para-hydroxylation sites is 1. The van der Waals surface area contributed by atoms with Crippen LogP contribution in [0.2, 0.25) is 0 Å². The molecule has 22 heavy (non-hydrogen) atoms. The van der Waals surface area contributed by atoms with Crippen LogP contribution in [0, 0.1) is 0 Å². The normalized spacial score (nSPS) is 10.2. The van der Waals surface area contributed by atoms with Gasteiger partial charge >= 0.3 is 5.97 Å². The highest BCUT2D eigenvalue weighted by atomic mass is 16.4. The molecule has 0 unspecified atom stereocenters. The van der Waals surface area contributed by atoms with Gasteiger partial charge in [-0.1, -0.05) is 30.3 Å². The molecule has 0 radical (unpaired) electrons. The van der Waals surface area contributed by atoms with Crippen molar-refractivity contribution in [3.05, 3.63) is 65.2 Å². The van der Waals surface area contributed by atoms with Crippen LogP contribution in [-0.2, 0) is 6.54 Å². The Morgan fingerprint density at radius 3 is 2.41 bits per heavy atom. The van der Waals surface area contributed by atoms with E-state index in [4.69, 9.17) is 5.11 Å². The molecule has 0 spiro atoms. The fourth-order valence-corrected chi connectivity index (χ4v) is 1.96. The van der Waals surface area contributed by atoms with Crippen LogP contribution >= 0.6 is 0 Å². The van der Waals surface area contributed by atoms with Crippen molar-refractivity contribution in [2.24, 2.45) is 0 Å². The lowest BCUT2D eigenvalue weighted by Crippen LogP contribution is -2.39. The summed E-state index contributed by atoms with van der Waals surface area (Å²) in [7, 11) is 1.56. The maximum absolute atomic E-state index is 12.1. The first-order valence-corrected chi connectivity index (χ1v) is 6.61. The Morgan fingerprint density at radius 2 is 1.77 bits per heavy atom. The van der Waals surface area contributed by atoms with Crippen LogP contribution in [0.4, 0.5) is 0 Å². The summed E-state index contributed by atoms with van der Waals surface area (Å²) in [5, 5.41) is 20.2. The Morgan fingerprint density at radius 1 is 1.09 bits per heavy atom. The first-order valence-electron chi connectivity index (χ1n) is 6.61. The topological polar surface area (TPSA) is 89.9 Å². The summed E-state index contributed by atoms with van der Waals surface area (Å²) in [6.07, 6.45) is 0. The molecule has 0 atom stereocenters. The average molecular weight is 300 g/mol. The molecule has 0 aromatic heterocycles. The number of carbonyl (C=O) groups is 2. The Hall–Kier alpha value is -2.86. The number of nitrogens with zero attached hydrogens (tertiary/aromatic N) is 1. The van der Waals surface area contributed by atoms with Gasteiger partial charge in [-0.3, -0.25) is 9.80 Å². The van der Waals surface area contributed by atoms with E-state index in [1.807, 2.05) is 6.07 Å². The largest absolute Gasteiger partial charge is 0.507 e. The van der Waals surface area contributed by atoms with Gasteiger partial charge in [0.2, 0.25) is 0 Å². The highest BCUT2D eigenvalue weighted by Gasteiger charge is 2.15. The fourth-order valence-electron chi connectivity index (χ4n) is 1.96. The quantitative estimate of drug-likeness (QED) is 0.733. The van der Waals surface area contributed by atoms with Gasteiger partial charge in [0.25, 0.3) is 5.91 Å². The van der Waals surface area contributed by atoms with Crippen LogP contribution < -0.4 is 5.43 Å². The minimum Gasteiger partial charge on any atom is -0.507 e. The van der Waals surface area contributed by atoms with E-state index in [0.29, 0.717) is 11.1 Å². The van der Waals surface area contributed by atoms with Gasteiger partial charge in [0.1, 0.15) is 11.3 Å². The minimum atomic E-state index is -1.20. The Kier molecular flexibility index (Phi) is 4.75. The second-order valence-electron chi connectivity index (χ2n) is 4.68. The summed E-state index contributed by atoms with van der Waals surface area (Å²) < 4.78 is 0. The van der Waals surface area contributed by atoms with E-state index in [1.165, 1.54) is 11.1 Å². The molecule has 2 aromatic rings. The predicted molar refractivity (Wildman–Crippen MR) is 80.4 cm³/mol.